The Bertz CT molecular complexity index is 627. The van der Waals surface area contributed by atoms with Crippen molar-refractivity contribution in [1.82, 2.24) is 9.97 Å². The Balaban J connectivity index is 1.75. The molecule has 0 atom stereocenters. The van der Waals surface area contributed by atoms with Crippen LogP contribution in [0.2, 0.25) is 5.02 Å². The molecule has 0 bridgehead atoms. The second-order valence-corrected chi connectivity index (χ2v) is 5.66. The van der Waals surface area contributed by atoms with Crippen LogP contribution in [-0.2, 0) is 5.60 Å². The summed E-state index contributed by atoms with van der Waals surface area (Å²) in [6.07, 6.45) is 3.51. The Morgan fingerprint density at radius 3 is 2.48 bits per heavy atom. The van der Waals surface area contributed by atoms with E-state index in [-0.39, 0.29) is 0 Å². The van der Waals surface area contributed by atoms with Gasteiger partial charge < -0.3 is 10.0 Å². The van der Waals surface area contributed by atoms with Gasteiger partial charge in [-0.25, -0.2) is 14.4 Å². The molecule has 0 spiro atoms. The fourth-order valence-corrected chi connectivity index (χ4v) is 2.80. The number of nitrogens with zero attached hydrogens (tertiary/aromatic N) is 3. The summed E-state index contributed by atoms with van der Waals surface area (Å²) >= 11 is 5.87. The van der Waals surface area contributed by atoms with E-state index < -0.39 is 11.4 Å². The molecule has 1 aromatic carbocycles. The minimum atomic E-state index is -0.898. The molecule has 21 heavy (non-hydrogen) atoms. The van der Waals surface area contributed by atoms with Crippen LogP contribution in [-0.4, -0.2) is 28.2 Å². The number of rotatable bonds is 2. The first-order valence-corrected chi connectivity index (χ1v) is 7.15. The highest BCUT2D eigenvalue weighted by Gasteiger charge is 2.34. The van der Waals surface area contributed by atoms with E-state index in [1.54, 1.807) is 12.1 Å². The number of aliphatic hydroxyl groups is 1. The lowest BCUT2D eigenvalue weighted by Gasteiger charge is -2.39. The SMILES string of the molecule is OC1(c2ccc(Cl)cc2)CCN(c2ncncc2F)CC1. The summed E-state index contributed by atoms with van der Waals surface area (Å²) in [5.41, 5.74) is -0.0559. The quantitative estimate of drug-likeness (QED) is 0.927. The van der Waals surface area contributed by atoms with Gasteiger partial charge in [0.2, 0.25) is 0 Å². The van der Waals surface area contributed by atoms with Crippen molar-refractivity contribution in [2.45, 2.75) is 18.4 Å². The predicted octanol–water partition coefficient (Wildman–Crippen LogP) is 2.76. The molecule has 0 aliphatic carbocycles. The van der Waals surface area contributed by atoms with Crippen LogP contribution in [0.25, 0.3) is 0 Å². The molecule has 1 aliphatic rings. The van der Waals surface area contributed by atoms with E-state index in [2.05, 4.69) is 9.97 Å². The Kier molecular flexibility index (Phi) is 3.78. The van der Waals surface area contributed by atoms with Crippen molar-refractivity contribution in [2.75, 3.05) is 18.0 Å². The zero-order chi connectivity index (χ0) is 14.9. The summed E-state index contributed by atoms with van der Waals surface area (Å²) in [6.45, 7) is 1.07. The lowest BCUT2D eigenvalue weighted by atomic mass is 9.84. The molecule has 1 aliphatic heterocycles. The Hall–Kier alpha value is -1.72. The maximum absolute atomic E-state index is 13.7. The smallest absolute Gasteiger partial charge is 0.183 e. The average molecular weight is 308 g/mol. The van der Waals surface area contributed by atoms with Crippen molar-refractivity contribution in [3.8, 4) is 0 Å². The molecule has 1 N–H and O–H groups in total. The van der Waals surface area contributed by atoms with Gasteiger partial charge in [-0.05, 0) is 30.5 Å². The van der Waals surface area contributed by atoms with Gasteiger partial charge in [-0.2, -0.15) is 0 Å². The minimum absolute atomic E-state index is 0.295. The fraction of sp³-hybridized carbons (Fsp3) is 0.333. The van der Waals surface area contributed by atoms with Gasteiger partial charge in [-0.1, -0.05) is 23.7 Å². The number of halogens is 2. The number of anilines is 1. The van der Waals surface area contributed by atoms with Gasteiger partial charge in [0.25, 0.3) is 0 Å². The molecular weight excluding hydrogens is 293 g/mol. The monoisotopic (exact) mass is 307 g/mol. The molecule has 2 aromatic rings. The van der Waals surface area contributed by atoms with Crippen LogP contribution >= 0.6 is 11.6 Å². The fourth-order valence-electron chi connectivity index (χ4n) is 2.68. The van der Waals surface area contributed by atoms with Crippen LogP contribution in [0.5, 0.6) is 0 Å². The molecule has 1 aromatic heterocycles. The topological polar surface area (TPSA) is 49.2 Å². The van der Waals surface area contributed by atoms with E-state index in [9.17, 15) is 9.50 Å². The normalized spacial score (nSPS) is 17.8. The number of benzene rings is 1. The molecule has 0 unspecified atom stereocenters. The van der Waals surface area contributed by atoms with Crippen molar-refractivity contribution in [2.24, 2.45) is 0 Å². The lowest BCUT2D eigenvalue weighted by Crippen LogP contribution is -2.43. The largest absolute Gasteiger partial charge is 0.385 e. The third-order valence-electron chi connectivity index (χ3n) is 3.92. The molecular formula is C15H15ClFN3O. The summed E-state index contributed by atoms with van der Waals surface area (Å²) in [6, 6.07) is 7.21. The molecule has 3 rings (SSSR count). The van der Waals surface area contributed by atoms with Gasteiger partial charge in [-0.3, -0.25) is 0 Å². The van der Waals surface area contributed by atoms with E-state index in [1.807, 2.05) is 17.0 Å². The summed E-state index contributed by atoms with van der Waals surface area (Å²) in [7, 11) is 0. The average Bonchev–Trinajstić information content (AvgIpc) is 2.49. The van der Waals surface area contributed by atoms with Gasteiger partial charge in [0.05, 0.1) is 11.8 Å². The van der Waals surface area contributed by atoms with E-state index in [0.717, 1.165) is 11.8 Å². The predicted molar refractivity (Wildman–Crippen MR) is 78.8 cm³/mol. The highest BCUT2D eigenvalue weighted by atomic mass is 35.5. The van der Waals surface area contributed by atoms with Crippen LogP contribution in [0, 0.1) is 5.82 Å². The Morgan fingerprint density at radius 2 is 1.86 bits per heavy atom. The second kappa shape index (κ2) is 5.58. The zero-order valence-electron chi connectivity index (χ0n) is 11.3. The molecule has 110 valence electrons. The molecule has 1 fully saturated rings. The first-order valence-electron chi connectivity index (χ1n) is 6.77. The molecule has 4 nitrogen and oxygen atoms in total. The number of hydrogen-bond donors (Lipinski definition) is 1. The second-order valence-electron chi connectivity index (χ2n) is 5.22. The molecule has 1 saturated heterocycles. The third-order valence-corrected chi connectivity index (χ3v) is 4.17. The van der Waals surface area contributed by atoms with Crippen molar-refractivity contribution in [3.63, 3.8) is 0 Å². The Labute approximate surface area is 127 Å². The highest BCUT2D eigenvalue weighted by Crippen LogP contribution is 2.34. The van der Waals surface area contributed by atoms with Gasteiger partial charge in [0, 0.05) is 18.1 Å². The van der Waals surface area contributed by atoms with Crippen molar-refractivity contribution in [1.29, 1.82) is 0 Å². The maximum atomic E-state index is 13.7. The first-order chi connectivity index (χ1) is 10.1. The molecule has 0 saturated carbocycles. The van der Waals surface area contributed by atoms with Crippen LogP contribution in [0.1, 0.15) is 18.4 Å². The third kappa shape index (κ3) is 2.84. The number of piperidine rings is 1. The van der Waals surface area contributed by atoms with E-state index in [0.29, 0.717) is 36.8 Å². The van der Waals surface area contributed by atoms with Crippen molar-refractivity contribution < 1.29 is 9.50 Å². The van der Waals surface area contributed by atoms with Crippen LogP contribution < -0.4 is 4.90 Å². The van der Waals surface area contributed by atoms with Crippen molar-refractivity contribution >= 4 is 17.4 Å². The van der Waals surface area contributed by atoms with Crippen molar-refractivity contribution in [3.05, 3.63) is 53.2 Å². The lowest BCUT2D eigenvalue weighted by molar-refractivity contribution is 0.0115. The van der Waals surface area contributed by atoms with Gasteiger partial charge in [0.1, 0.15) is 6.33 Å². The minimum Gasteiger partial charge on any atom is -0.385 e. The number of hydrogen-bond acceptors (Lipinski definition) is 4. The summed E-state index contributed by atoms with van der Waals surface area (Å²) in [4.78, 5) is 9.46. The summed E-state index contributed by atoms with van der Waals surface area (Å²) in [5.74, 6) is -0.141. The number of aromatic nitrogens is 2. The standard InChI is InChI=1S/C15H15ClFN3O/c16-12-3-1-11(2-4-12)15(21)5-7-20(8-6-15)14-13(17)9-18-10-19-14/h1-4,9-10,21H,5-8H2. The summed E-state index contributed by atoms with van der Waals surface area (Å²) in [5, 5.41) is 11.4. The molecule has 0 amide bonds. The maximum Gasteiger partial charge on any atom is 0.183 e. The van der Waals surface area contributed by atoms with Gasteiger partial charge in [0.15, 0.2) is 11.6 Å². The van der Waals surface area contributed by atoms with E-state index in [4.69, 9.17) is 11.6 Å². The van der Waals surface area contributed by atoms with E-state index in [1.165, 1.54) is 6.33 Å². The van der Waals surface area contributed by atoms with Gasteiger partial charge >= 0.3 is 0 Å². The highest BCUT2D eigenvalue weighted by molar-refractivity contribution is 6.30. The molecule has 0 radical (unpaired) electrons. The zero-order valence-corrected chi connectivity index (χ0v) is 12.1. The van der Waals surface area contributed by atoms with Crippen LogP contribution in [0.3, 0.4) is 0 Å². The first kappa shape index (κ1) is 14.2. The molecule has 6 heteroatoms. The van der Waals surface area contributed by atoms with Crippen LogP contribution in [0.15, 0.2) is 36.8 Å². The van der Waals surface area contributed by atoms with Gasteiger partial charge in [-0.15, -0.1) is 0 Å². The molecule has 2 heterocycles. The van der Waals surface area contributed by atoms with Crippen LogP contribution in [0.4, 0.5) is 10.2 Å². The van der Waals surface area contributed by atoms with E-state index >= 15 is 0 Å². The summed E-state index contributed by atoms with van der Waals surface area (Å²) < 4.78 is 13.7. The Morgan fingerprint density at radius 1 is 1.19 bits per heavy atom.